The third kappa shape index (κ3) is 4.86. The first-order valence-electron chi connectivity index (χ1n) is 10.3. The molecule has 0 unspecified atom stereocenters. The van der Waals surface area contributed by atoms with Crippen molar-refractivity contribution in [3.63, 3.8) is 0 Å². The van der Waals surface area contributed by atoms with E-state index in [1.807, 2.05) is 64.3 Å². The number of benzene rings is 1. The largest absolute Gasteiger partial charge is 0.496 e. The van der Waals surface area contributed by atoms with Gasteiger partial charge in [0, 0.05) is 5.54 Å². The van der Waals surface area contributed by atoms with Crippen LogP contribution in [-0.2, 0) is 17.7 Å². The first-order chi connectivity index (χ1) is 14.8. The maximum absolute atomic E-state index is 12.8. The zero-order valence-electron chi connectivity index (χ0n) is 18.7. The molecule has 4 rings (SSSR count). The Balaban J connectivity index is 0.00000132. The average Bonchev–Trinajstić information content (AvgIpc) is 3.40. The fourth-order valence-electron chi connectivity index (χ4n) is 3.33. The summed E-state index contributed by atoms with van der Waals surface area (Å²) < 4.78 is 8.39. The molecule has 0 saturated carbocycles. The minimum Gasteiger partial charge on any atom is -0.496 e. The Morgan fingerprint density at radius 2 is 2.00 bits per heavy atom. The molecule has 166 valence electrons. The predicted octanol–water partition coefficient (Wildman–Crippen LogP) is 5.96. The molecule has 0 saturated heterocycles. The summed E-state index contributed by atoms with van der Waals surface area (Å²) in [4.78, 5) is 23.9. The molecule has 8 heteroatoms. The van der Waals surface area contributed by atoms with E-state index < -0.39 is 5.97 Å². The van der Waals surface area contributed by atoms with Gasteiger partial charge in [0.05, 0.1) is 27.8 Å². The van der Waals surface area contributed by atoms with Gasteiger partial charge in [-0.2, -0.15) is 0 Å². The van der Waals surface area contributed by atoms with Crippen LogP contribution in [0.15, 0.2) is 34.1 Å². The number of ether oxygens (including phenoxy) is 1. The van der Waals surface area contributed by atoms with Gasteiger partial charge in [-0.3, -0.25) is 4.57 Å². The molecule has 1 aliphatic rings. The number of imidazole rings is 1. The number of carbonyl (C=O) groups excluding carboxylic acids is 1. The van der Waals surface area contributed by atoms with Gasteiger partial charge >= 0.3 is 5.97 Å². The molecular weight excluding hydrogens is 478 g/mol. The third-order valence-corrected chi connectivity index (χ3v) is 6.07. The Morgan fingerprint density at radius 1 is 1.26 bits per heavy atom. The van der Waals surface area contributed by atoms with Crippen molar-refractivity contribution in [3.8, 4) is 22.1 Å². The summed E-state index contributed by atoms with van der Waals surface area (Å²) in [6.07, 6.45) is 1.48. The van der Waals surface area contributed by atoms with Crippen LogP contribution in [0.1, 0.15) is 56.4 Å². The van der Waals surface area contributed by atoms with Crippen molar-refractivity contribution in [1.29, 1.82) is 0 Å². The van der Waals surface area contributed by atoms with Crippen LogP contribution in [0.4, 0.5) is 0 Å². The number of rotatable bonds is 4. The molecule has 6 nitrogen and oxygen atoms in total. The Kier molecular flexibility index (Phi) is 7.24. The van der Waals surface area contributed by atoms with E-state index in [1.54, 1.807) is 18.4 Å². The summed E-state index contributed by atoms with van der Waals surface area (Å²) in [5, 5.41) is 2.00. The molecular formula is C23H28BrN3O3S. The van der Waals surface area contributed by atoms with Crippen LogP contribution in [0.5, 0.6) is 5.75 Å². The van der Waals surface area contributed by atoms with Crippen molar-refractivity contribution in [2.45, 2.75) is 53.0 Å². The zero-order valence-corrected chi connectivity index (χ0v) is 21.1. The molecule has 0 bridgehead atoms. The van der Waals surface area contributed by atoms with Gasteiger partial charge in [0.15, 0.2) is 11.5 Å². The molecule has 0 radical (unpaired) electrons. The zero-order chi connectivity index (χ0) is 22.8. The van der Waals surface area contributed by atoms with Gasteiger partial charge in [0.1, 0.15) is 5.75 Å². The number of hydrogen-bond acceptors (Lipinski definition) is 6. The van der Waals surface area contributed by atoms with Crippen LogP contribution in [0.2, 0.25) is 0 Å². The first-order valence-corrected chi connectivity index (χ1v) is 12.0. The van der Waals surface area contributed by atoms with Gasteiger partial charge in [-0.15, -0.1) is 16.8 Å². The number of nitrogens with one attached hydrogen (secondary N) is 1. The number of thiophene rings is 1. The molecule has 0 atom stereocenters. The normalized spacial score (nSPS) is 12.4. The highest BCUT2D eigenvalue weighted by atomic mass is 79.9. The van der Waals surface area contributed by atoms with Gasteiger partial charge in [0.2, 0.25) is 0 Å². The highest BCUT2D eigenvalue weighted by Crippen LogP contribution is 2.39. The van der Waals surface area contributed by atoms with Crippen LogP contribution in [0.3, 0.4) is 0 Å². The standard InChI is InChI=1S/C21H22BrN3O3S.C2H6/c1-21(2,3)24-28-20(26)18-14-8-7-12-10-16(27-4)13(22)11-15(12)25(14)19(23-18)17-6-5-9-29-17;1-2/h5-6,9-11,24H,7-8H2,1-4H3;1-2H3. The quantitative estimate of drug-likeness (QED) is 0.443. The molecule has 0 amide bonds. The van der Waals surface area contributed by atoms with Crippen molar-refractivity contribution in [1.82, 2.24) is 15.0 Å². The number of hydrogen-bond donors (Lipinski definition) is 1. The second-order valence-electron chi connectivity index (χ2n) is 7.90. The SMILES string of the molecule is CC.COc1cc2c(cc1Br)-n1c(-c3cccs3)nc(C(=O)ONC(C)(C)C)c1CC2. The maximum atomic E-state index is 12.8. The molecule has 1 aliphatic heterocycles. The monoisotopic (exact) mass is 505 g/mol. The number of aromatic nitrogens is 2. The van der Waals surface area contributed by atoms with E-state index >= 15 is 0 Å². The van der Waals surface area contributed by atoms with Crippen molar-refractivity contribution >= 4 is 33.2 Å². The fourth-order valence-corrected chi connectivity index (χ4v) is 4.53. The smallest absolute Gasteiger partial charge is 0.377 e. The molecule has 0 spiro atoms. The van der Waals surface area contributed by atoms with Crippen molar-refractivity contribution in [2.75, 3.05) is 7.11 Å². The number of hydroxylamine groups is 1. The van der Waals surface area contributed by atoms with Gasteiger partial charge in [0.25, 0.3) is 0 Å². The van der Waals surface area contributed by atoms with Crippen molar-refractivity contribution in [2.24, 2.45) is 0 Å². The van der Waals surface area contributed by atoms with E-state index in [-0.39, 0.29) is 5.54 Å². The lowest BCUT2D eigenvalue weighted by Crippen LogP contribution is -2.37. The van der Waals surface area contributed by atoms with E-state index in [4.69, 9.17) is 14.6 Å². The average molecular weight is 506 g/mol. The number of methoxy groups -OCH3 is 1. The molecule has 1 N–H and O–H groups in total. The summed E-state index contributed by atoms with van der Waals surface area (Å²) in [5.74, 6) is 1.07. The predicted molar refractivity (Wildman–Crippen MR) is 128 cm³/mol. The Hall–Kier alpha value is -2.16. The van der Waals surface area contributed by atoms with Gasteiger partial charge in [-0.05, 0) is 78.7 Å². The molecule has 0 fully saturated rings. The van der Waals surface area contributed by atoms with E-state index in [9.17, 15) is 4.79 Å². The highest BCUT2D eigenvalue weighted by Gasteiger charge is 2.30. The lowest BCUT2D eigenvalue weighted by atomic mass is 10.00. The van der Waals surface area contributed by atoms with E-state index in [2.05, 4.69) is 26.0 Å². The molecule has 3 heterocycles. The van der Waals surface area contributed by atoms with Crippen molar-refractivity contribution in [3.05, 3.63) is 51.1 Å². The van der Waals surface area contributed by atoms with Gasteiger partial charge in [-0.25, -0.2) is 9.78 Å². The Labute approximate surface area is 195 Å². The van der Waals surface area contributed by atoms with Crippen LogP contribution in [0, 0.1) is 0 Å². The summed E-state index contributed by atoms with van der Waals surface area (Å²) in [7, 11) is 1.66. The summed E-state index contributed by atoms with van der Waals surface area (Å²) in [6, 6.07) is 8.06. The number of aryl methyl sites for hydroxylation is 1. The highest BCUT2D eigenvalue weighted by molar-refractivity contribution is 9.10. The third-order valence-electron chi connectivity index (χ3n) is 4.58. The lowest BCUT2D eigenvalue weighted by Gasteiger charge is -2.23. The van der Waals surface area contributed by atoms with Crippen LogP contribution in [-0.4, -0.2) is 28.2 Å². The molecule has 1 aromatic carbocycles. The Bertz CT molecular complexity index is 1070. The first kappa shape index (κ1) is 23.5. The van der Waals surface area contributed by atoms with E-state index in [0.29, 0.717) is 12.1 Å². The summed E-state index contributed by atoms with van der Waals surface area (Å²) in [6.45, 7) is 9.80. The van der Waals surface area contributed by atoms with Gasteiger partial charge < -0.3 is 9.57 Å². The van der Waals surface area contributed by atoms with E-state index in [0.717, 1.165) is 44.3 Å². The molecule has 2 aromatic heterocycles. The number of fused-ring (bicyclic) bond motifs is 3. The minimum atomic E-state index is -0.470. The minimum absolute atomic E-state index is 0.347. The second kappa shape index (κ2) is 9.54. The summed E-state index contributed by atoms with van der Waals surface area (Å²) in [5.41, 5.74) is 5.81. The lowest BCUT2D eigenvalue weighted by molar-refractivity contribution is 0.00393. The van der Waals surface area contributed by atoms with Crippen LogP contribution >= 0.6 is 27.3 Å². The fraction of sp³-hybridized carbons (Fsp3) is 0.391. The van der Waals surface area contributed by atoms with Crippen LogP contribution < -0.4 is 10.2 Å². The number of halogens is 1. The molecule has 3 aromatic rings. The molecule has 31 heavy (non-hydrogen) atoms. The molecule has 0 aliphatic carbocycles. The Morgan fingerprint density at radius 3 is 2.61 bits per heavy atom. The second-order valence-corrected chi connectivity index (χ2v) is 9.70. The maximum Gasteiger partial charge on any atom is 0.377 e. The topological polar surface area (TPSA) is 65.4 Å². The number of carbonyl (C=O) groups is 1. The van der Waals surface area contributed by atoms with Crippen molar-refractivity contribution < 1.29 is 14.4 Å². The van der Waals surface area contributed by atoms with Crippen LogP contribution in [0.25, 0.3) is 16.4 Å². The van der Waals surface area contributed by atoms with Gasteiger partial charge in [-0.1, -0.05) is 19.9 Å². The van der Waals surface area contributed by atoms with E-state index in [1.165, 1.54) is 0 Å². The summed E-state index contributed by atoms with van der Waals surface area (Å²) >= 11 is 5.18. The number of nitrogens with zero attached hydrogens (tertiary/aromatic N) is 2.